The molecular weight excluding hydrogens is 424 g/mol. The van der Waals surface area contributed by atoms with Crippen LogP contribution in [-0.2, 0) is 0 Å². The molecule has 0 bridgehead atoms. The molecule has 9 nitrogen and oxygen atoms in total. The minimum atomic E-state index is -1.19. The summed E-state index contributed by atoms with van der Waals surface area (Å²) in [6.07, 6.45) is -1.19. The van der Waals surface area contributed by atoms with E-state index < -0.39 is 28.2 Å². The summed E-state index contributed by atoms with van der Waals surface area (Å²) >= 11 is 6.25. The Bertz CT molecular complexity index is 1250. The number of aromatic nitrogens is 2. The van der Waals surface area contributed by atoms with Crippen molar-refractivity contribution in [3.05, 3.63) is 73.8 Å². The highest BCUT2D eigenvalue weighted by molar-refractivity contribution is 6.35. The number of benzene rings is 2. The zero-order chi connectivity index (χ0) is 23.1. The zero-order valence-electron chi connectivity index (χ0n) is 17.4. The lowest BCUT2D eigenvalue weighted by Crippen LogP contribution is -2.47. The van der Waals surface area contributed by atoms with Crippen LogP contribution < -0.4 is 5.56 Å². The Hall–Kier alpha value is -3.46. The van der Waals surface area contributed by atoms with Crippen molar-refractivity contribution in [1.29, 1.82) is 0 Å². The second-order valence-corrected chi connectivity index (χ2v) is 8.43. The fraction of sp³-hybridized carbons (Fsp3) is 0.286. The predicted molar refractivity (Wildman–Crippen MR) is 117 cm³/mol. The molecule has 0 aliphatic carbocycles. The van der Waals surface area contributed by atoms with Gasteiger partial charge < -0.3 is 5.11 Å². The van der Waals surface area contributed by atoms with Crippen LogP contribution in [0, 0.1) is 10.1 Å². The van der Waals surface area contributed by atoms with Gasteiger partial charge in [-0.3, -0.25) is 24.4 Å². The molecule has 3 aromatic rings. The first-order valence-corrected chi connectivity index (χ1v) is 9.79. The van der Waals surface area contributed by atoms with E-state index in [1.807, 2.05) is 0 Å². The lowest BCUT2D eigenvalue weighted by atomic mass is 10.0. The number of carbonyl (C=O) groups is 1. The summed E-state index contributed by atoms with van der Waals surface area (Å²) in [5.74, 6) is 0.123. The predicted octanol–water partition coefficient (Wildman–Crippen LogP) is 4.79. The maximum Gasteiger partial charge on any atom is 0.408 e. The highest BCUT2D eigenvalue weighted by atomic mass is 35.5. The molecule has 1 N–H and O–H groups in total. The second kappa shape index (κ2) is 7.99. The van der Waals surface area contributed by atoms with Crippen molar-refractivity contribution in [3.8, 4) is 5.69 Å². The van der Waals surface area contributed by atoms with Crippen LogP contribution in [0.25, 0.3) is 16.6 Å². The first-order valence-electron chi connectivity index (χ1n) is 9.41. The van der Waals surface area contributed by atoms with E-state index in [0.717, 1.165) is 0 Å². The SMILES string of the molecule is C[C@@H](c1nc2cccc(Cl)c2c(=O)n1-c1cccc([N+](=O)[O-])c1)N(C(=O)O)C(C)(C)C. The van der Waals surface area contributed by atoms with Crippen molar-refractivity contribution >= 4 is 34.3 Å². The highest BCUT2D eigenvalue weighted by Gasteiger charge is 2.34. The summed E-state index contributed by atoms with van der Waals surface area (Å²) in [5, 5.41) is 21.4. The fourth-order valence-electron chi connectivity index (χ4n) is 3.63. The van der Waals surface area contributed by atoms with Crippen molar-refractivity contribution < 1.29 is 14.8 Å². The first kappa shape index (κ1) is 22.2. The van der Waals surface area contributed by atoms with Gasteiger partial charge in [-0.05, 0) is 45.9 Å². The quantitative estimate of drug-likeness (QED) is 0.456. The molecule has 1 atom stereocenters. The summed E-state index contributed by atoms with van der Waals surface area (Å²) in [6, 6.07) is 9.46. The van der Waals surface area contributed by atoms with E-state index in [-0.39, 0.29) is 27.6 Å². The Balaban J connectivity index is 2.42. The normalized spacial score (nSPS) is 12.5. The topological polar surface area (TPSA) is 119 Å². The summed E-state index contributed by atoms with van der Waals surface area (Å²) in [5.41, 5.74) is -1.07. The number of amides is 1. The van der Waals surface area contributed by atoms with Crippen molar-refractivity contribution in [2.75, 3.05) is 0 Å². The lowest BCUT2D eigenvalue weighted by Gasteiger charge is -2.38. The first-order chi connectivity index (χ1) is 14.4. The molecule has 162 valence electrons. The largest absolute Gasteiger partial charge is 0.465 e. The smallest absolute Gasteiger partial charge is 0.408 e. The molecule has 1 heterocycles. The minimum Gasteiger partial charge on any atom is -0.465 e. The van der Waals surface area contributed by atoms with Crippen molar-refractivity contribution in [2.24, 2.45) is 0 Å². The lowest BCUT2D eigenvalue weighted by molar-refractivity contribution is -0.384. The van der Waals surface area contributed by atoms with Gasteiger partial charge in [0, 0.05) is 17.7 Å². The number of hydrogen-bond donors (Lipinski definition) is 1. The Morgan fingerprint density at radius 2 is 1.90 bits per heavy atom. The average molecular weight is 445 g/mol. The van der Waals surface area contributed by atoms with Crippen molar-refractivity contribution in [3.63, 3.8) is 0 Å². The molecular formula is C21H21ClN4O5. The van der Waals surface area contributed by atoms with E-state index in [2.05, 4.69) is 4.98 Å². The molecule has 10 heteroatoms. The van der Waals surface area contributed by atoms with E-state index in [1.165, 1.54) is 33.7 Å². The summed E-state index contributed by atoms with van der Waals surface area (Å²) in [6.45, 7) is 6.80. The maximum atomic E-state index is 13.5. The van der Waals surface area contributed by atoms with Gasteiger partial charge in [-0.15, -0.1) is 0 Å². The number of nitro benzene ring substituents is 1. The van der Waals surface area contributed by atoms with Gasteiger partial charge in [0.25, 0.3) is 11.2 Å². The van der Waals surface area contributed by atoms with Gasteiger partial charge in [-0.25, -0.2) is 9.78 Å². The number of nitro groups is 1. The van der Waals surface area contributed by atoms with Crippen LogP contribution in [0.5, 0.6) is 0 Å². The molecule has 0 spiro atoms. The van der Waals surface area contributed by atoms with Gasteiger partial charge in [0.15, 0.2) is 0 Å². The van der Waals surface area contributed by atoms with Gasteiger partial charge in [0.05, 0.1) is 32.6 Å². The Morgan fingerprint density at radius 3 is 2.48 bits per heavy atom. The third-order valence-electron chi connectivity index (χ3n) is 4.86. The van der Waals surface area contributed by atoms with E-state index >= 15 is 0 Å². The van der Waals surface area contributed by atoms with Gasteiger partial charge in [0.1, 0.15) is 5.82 Å². The van der Waals surface area contributed by atoms with Gasteiger partial charge >= 0.3 is 6.09 Å². The van der Waals surface area contributed by atoms with Crippen LogP contribution >= 0.6 is 11.6 Å². The molecule has 0 radical (unpaired) electrons. The van der Waals surface area contributed by atoms with Crippen molar-refractivity contribution in [2.45, 2.75) is 39.3 Å². The standard InChI is InChI=1S/C21H21ClN4O5/c1-12(25(20(28)29)21(2,3)4)18-23-16-10-6-9-15(22)17(16)19(27)24(18)13-7-5-8-14(11-13)26(30)31/h5-12H,1-4H3,(H,28,29)/t12-/m0/s1. The van der Waals surface area contributed by atoms with E-state index in [4.69, 9.17) is 11.6 Å². The maximum absolute atomic E-state index is 13.5. The third-order valence-corrected chi connectivity index (χ3v) is 5.18. The fourth-order valence-corrected chi connectivity index (χ4v) is 3.88. The Labute approximate surface area is 182 Å². The molecule has 0 aliphatic rings. The number of fused-ring (bicyclic) bond motifs is 1. The molecule has 0 saturated heterocycles. The van der Waals surface area contributed by atoms with Crippen LogP contribution in [-0.4, -0.2) is 36.1 Å². The monoisotopic (exact) mass is 444 g/mol. The molecule has 2 aromatic carbocycles. The van der Waals surface area contributed by atoms with Crippen molar-refractivity contribution in [1.82, 2.24) is 14.5 Å². The molecule has 0 aliphatic heterocycles. The number of halogens is 1. The van der Waals surface area contributed by atoms with Gasteiger partial charge in [-0.2, -0.15) is 0 Å². The molecule has 0 saturated carbocycles. The second-order valence-electron chi connectivity index (χ2n) is 8.02. The van der Waals surface area contributed by atoms with Crippen LogP contribution in [0.1, 0.15) is 39.6 Å². The van der Waals surface area contributed by atoms with Crippen LogP contribution in [0.15, 0.2) is 47.3 Å². The third kappa shape index (κ3) is 4.09. The number of carboxylic acid groups (broad SMARTS) is 1. The Kier molecular flexibility index (Phi) is 5.73. The summed E-state index contributed by atoms with van der Waals surface area (Å²) in [7, 11) is 0. The van der Waals surface area contributed by atoms with E-state index in [0.29, 0.717) is 5.52 Å². The molecule has 0 fully saturated rings. The number of rotatable bonds is 4. The molecule has 0 unspecified atom stereocenters. The number of hydrogen-bond acceptors (Lipinski definition) is 5. The van der Waals surface area contributed by atoms with Crippen LogP contribution in [0.4, 0.5) is 10.5 Å². The molecule has 3 rings (SSSR count). The zero-order valence-corrected chi connectivity index (χ0v) is 18.1. The average Bonchev–Trinajstić information content (AvgIpc) is 2.66. The van der Waals surface area contributed by atoms with E-state index in [1.54, 1.807) is 45.9 Å². The summed E-state index contributed by atoms with van der Waals surface area (Å²) in [4.78, 5) is 42.0. The Morgan fingerprint density at radius 1 is 1.26 bits per heavy atom. The van der Waals surface area contributed by atoms with E-state index in [9.17, 15) is 24.8 Å². The highest BCUT2D eigenvalue weighted by Crippen LogP contribution is 2.30. The summed E-state index contributed by atoms with van der Waals surface area (Å²) < 4.78 is 1.19. The number of non-ortho nitro benzene ring substituents is 1. The number of nitrogens with zero attached hydrogens (tertiary/aromatic N) is 4. The van der Waals surface area contributed by atoms with Crippen LogP contribution in [0.3, 0.4) is 0 Å². The molecule has 1 aromatic heterocycles. The van der Waals surface area contributed by atoms with Gasteiger partial charge in [-0.1, -0.05) is 23.7 Å². The molecule has 1 amide bonds. The van der Waals surface area contributed by atoms with Crippen LogP contribution in [0.2, 0.25) is 5.02 Å². The van der Waals surface area contributed by atoms with Gasteiger partial charge in [0.2, 0.25) is 0 Å². The molecule has 31 heavy (non-hydrogen) atoms. The minimum absolute atomic E-state index is 0.123.